The van der Waals surface area contributed by atoms with E-state index >= 15 is 0 Å². The monoisotopic (exact) mass is 360 g/mol. The first kappa shape index (κ1) is 17.0. The number of carbonyl (C=O) groups excluding carboxylic acids is 2. The van der Waals surface area contributed by atoms with Crippen molar-refractivity contribution in [3.63, 3.8) is 0 Å². The van der Waals surface area contributed by atoms with Gasteiger partial charge in [0.05, 0.1) is 5.69 Å². The van der Waals surface area contributed by atoms with E-state index in [4.69, 9.17) is 0 Å². The fourth-order valence-corrected chi connectivity index (χ4v) is 3.37. The maximum absolute atomic E-state index is 13.1. The second kappa shape index (κ2) is 7.45. The summed E-state index contributed by atoms with van der Waals surface area (Å²) < 4.78 is 0. The number of hydrogen-bond donors (Lipinski definition) is 2. The van der Waals surface area contributed by atoms with E-state index in [-0.39, 0.29) is 11.8 Å². The minimum absolute atomic E-state index is 0.104. The van der Waals surface area contributed by atoms with Crippen LogP contribution in [0.5, 0.6) is 0 Å². The Hall–Kier alpha value is -3.41. The third kappa shape index (κ3) is 3.60. The van der Waals surface area contributed by atoms with Gasteiger partial charge in [0.1, 0.15) is 6.04 Å². The molecule has 1 saturated heterocycles. The number of piperazine rings is 1. The van der Waals surface area contributed by atoms with Crippen molar-refractivity contribution in [2.24, 2.45) is 0 Å². The van der Waals surface area contributed by atoms with E-state index in [9.17, 15) is 9.59 Å². The Morgan fingerprint density at radius 1 is 1.07 bits per heavy atom. The highest BCUT2D eigenvalue weighted by Gasteiger charge is 2.33. The minimum atomic E-state index is -0.499. The summed E-state index contributed by atoms with van der Waals surface area (Å²) in [5, 5.41) is 9.72. The van der Waals surface area contributed by atoms with Crippen molar-refractivity contribution in [3.05, 3.63) is 78.0 Å². The van der Waals surface area contributed by atoms with Crippen LogP contribution in [0.2, 0.25) is 0 Å². The number of carbonyl (C=O) groups is 2. The fraction of sp³-hybridized carbons (Fsp3) is 0.190. The normalized spacial score (nSPS) is 16.8. The van der Waals surface area contributed by atoms with Gasteiger partial charge in [0.25, 0.3) is 5.91 Å². The topological polar surface area (TPSA) is 78.1 Å². The second-order valence-corrected chi connectivity index (χ2v) is 6.54. The first-order valence-electron chi connectivity index (χ1n) is 8.95. The highest BCUT2D eigenvalue weighted by molar-refractivity contribution is 5.98. The van der Waals surface area contributed by atoms with Crippen LogP contribution in [0.3, 0.4) is 0 Å². The van der Waals surface area contributed by atoms with Crippen LogP contribution in [0.1, 0.15) is 15.9 Å². The lowest BCUT2D eigenvalue weighted by atomic mass is 10.0. The van der Waals surface area contributed by atoms with Crippen molar-refractivity contribution in [2.75, 3.05) is 13.1 Å². The number of amides is 2. The van der Waals surface area contributed by atoms with Gasteiger partial charge in [-0.1, -0.05) is 42.5 Å². The van der Waals surface area contributed by atoms with Crippen LogP contribution in [0, 0.1) is 0 Å². The molecule has 2 amide bonds. The van der Waals surface area contributed by atoms with Crippen LogP contribution in [0.25, 0.3) is 11.3 Å². The molecule has 1 aromatic heterocycles. The van der Waals surface area contributed by atoms with E-state index in [2.05, 4.69) is 15.5 Å². The van der Waals surface area contributed by atoms with Gasteiger partial charge in [-0.15, -0.1) is 0 Å². The number of H-pyrrole nitrogens is 1. The van der Waals surface area contributed by atoms with Crippen LogP contribution in [0.15, 0.2) is 66.9 Å². The summed E-state index contributed by atoms with van der Waals surface area (Å²) in [6.45, 7) is 0.979. The molecule has 1 atom stereocenters. The van der Waals surface area contributed by atoms with Gasteiger partial charge in [-0.25, -0.2) is 0 Å². The Kier molecular flexibility index (Phi) is 4.70. The summed E-state index contributed by atoms with van der Waals surface area (Å²) in [5.41, 5.74) is 3.47. The molecular formula is C21H20N4O2. The average molecular weight is 360 g/mol. The Bertz CT molecular complexity index is 921. The molecular weight excluding hydrogens is 340 g/mol. The van der Waals surface area contributed by atoms with Gasteiger partial charge in [-0.3, -0.25) is 14.7 Å². The molecule has 0 spiro atoms. The minimum Gasteiger partial charge on any atom is -0.353 e. The van der Waals surface area contributed by atoms with Crippen molar-refractivity contribution < 1.29 is 9.59 Å². The number of nitrogens with zero attached hydrogens (tertiary/aromatic N) is 2. The van der Waals surface area contributed by atoms with Crippen molar-refractivity contribution >= 4 is 11.8 Å². The third-order valence-corrected chi connectivity index (χ3v) is 4.81. The largest absolute Gasteiger partial charge is 0.353 e. The third-order valence-electron chi connectivity index (χ3n) is 4.81. The maximum Gasteiger partial charge on any atom is 0.254 e. The maximum atomic E-state index is 13.1. The van der Waals surface area contributed by atoms with Crippen LogP contribution < -0.4 is 5.32 Å². The van der Waals surface area contributed by atoms with Gasteiger partial charge >= 0.3 is 0 Å². The Labute approximate surface area is 157 Å². The second-order valence-electron chi connectivity index (χ2n) is 6.54. The van der Waals surface area contributed by atoms with Crippen LogP contribution in [0.4, 0.5) is 0 Å². The molecule has 2 aromatic carbocycles. The van der Waals surface area contributed by atoms with Gasteiger partial charge in [-0.2, -0.15) is 5.10 Å². The first-order chi connectivity index (χ1) is 13.2. The lowest BCUT2D eigenvalue weighted by molar-refractivity contribution is -0.127. The molecule has 3 aromatic rings. The standard InChI is InChI=1S/C21H20N4O2/c26-20-19(14-15-4-2-1-3-5-15)25(13-12-22-20)21(27)17-8-6-16(7-9-17)18-10-11-23-24-18/h1-11,19H,12-14H2,(H,22,26)(H,23,24)/t19-/m0/s1. The molecule has 4 rings (SSSR count). The lowest BCUT2D eigenvalue weighted by Gasteiger charge is -2.35. The predicted octanol–water partition coefficient (Wildman–Crippen LogP) is 2.26. The number of benzene rings is 2. The van der Waals surface area contributed by atoms with E-state index < -0.39 is 6.04 Å². The van der Waals surface area contributed by atoms with Crippen molar-refractivity contribution in [1.82, 2.24) is 20.4 Å². The van der Waals surface area contributed by atoms with Gasteiger partial charge in [0.15, 0.2) is 0 Å². The molecule has 1 aliphatic heterocycles. The van der Waals surface area contributed by atoms with Gasteiger partial charge < -0.3 is 10.2 Å². The zero-order valence-electron chi connectivity index (χ0n) is 14.8. The number of aromatic amines is 1. The zero-order valence-corrected chi connectivity index (χ0v) is 14.8. The molecule has 6 heteroatoms. The summed E-state index contributed by atoms with van der Waals surface area (Å²) in [7, 11) is 0. The van der Waals surface area contributed by atoms with E-state index in [1.165, 1.54) is 0 Å². The number of hydrogen-bond acceptors (Lipinski definition) is 3. The highest BCUT2D eigenvalue weighted by Crippen LogP contribution is 2.20. The summed E-state index contributed by atoms with van der Waals surface area (Å²) in [5.74, 6) is -0.227. The quantitative estimate of drug-likeness (QED) is 0.749. The highest BCUT2D eigenvalue weighted by atomic mass is 16.2. The zero-order chi connectivity index (χ0) is 18.6. The van der Waals surface area contributed by atoms with E-state index in [0.29, 0.717) is 25.1 Å². The Morgan fingerprint density at radius 2 is 1.85 bits per heavy atom. The van der Waals surface area contributed by atoms with Gasteiger partial charge in [0, 0.05) is 31.3 Å². The molecule has 136 valence electrons. The molecule has 0 radical (unpaired) electrons. The van der Waals surface area contributed by atoms with E-state index in [1.807, 2.05) is 48.5 Å². The van der Waals surface area contributed by atoms with E-state index in [0.717, 1.165) is 16.8 Å². The number of rotatable bonds is 4. The molecule has 0 aliphatic carbocycles. The molecule has 0 bridgehead atoms. The molecule has 6 nitrogen and oxygen atoms in total. The number of nitrogens with one attached hydrogen (secondary N) is 2. The predicted molar refractivity (Wildman–Crippen MR) is 102 cm³/mol. The molecule has 0 unspecified atom stereocenters. The van der Waals surface area contributed by atoms with Crippen molar-refractivity contribution in [1.29, 1.82) is 0 Å². The Balaban J connectivity index is 1.55. The molecule has 27 heavy (non-hydrogen) atoms. The molecule has 1 aliphatic rings. The molecule has 1 fully saturated rings. The van der Waals surface area contributed by atoms with Crippen molar-refractivity contribution in [3.8, 4) is 11.3 Å². The fourth-order valence-electron chi connectivity index (χ4n) is 3.37. The van der Waals surface area contributed by atoms with Crippen LogP contribution in [-0.4, -0.2) is 46.0 Å². The molecule has 2 heterocycles. The Morgan fingerprint density at radius 3 is 2.56 bits per heavy atom. The molecule has 2 N–H and O–H groups in total. The summed E-state index contributed by atoms with van der Waals surface area (Å²) in [6, 6.07) is 18.5. The average Bonchev–Trinajstić information content (AvgIpc) is 3.25. The van der Waals surface area contributed by atoms with Crippen LogP contribution >= 0.6 is 0 Å². The smallest absolute Gasteiger partial charge is 0.254 e. The summed E-state index contributed by atoms with van der Waals surface area (Å²) in [4.78, 5) is 27.2. The SMILES string of the molecule is O=C1NCCN(C(=O)c2ccc(-c3ccn[nH]3)cc2)[C@H]1Cc1ccccc1. The lowest BCUT2D eigenvalue weighted by Crippen LogP contribution is -2.58. The summed E-state index contributed by atoms with van der Waals surface area (Å²) >= 11 is 0. The van der Waals surface area contributed by atoms with Gasteiger partial charge in [-0.05, 0) is 29.3 Å². The van der Waals surface area contributed by atoms with E-state index in [1.54, 1.807) is 23.2 Å². The number of aromatic nitrogens is 2. The van der Waals surface area contributed by atoms with Crippen LogP contribution in [-0.2, 0) is 11.2 Å². The first-order valence-corrected chi connectivity index (χ1v) is 8.95. The van der Waals surface area contributed by atoms with Gasteiger partial charge in [0.2, 0.25) is 5.91 Å². The summed E-state index contributed by atoms with van der Waals surface area (Å²) in [6.07, 6.45) is 2.19. The van der Waals surface area contributed by atoms with Crippen molar-refractivity contribution in [2.45, 2.75) is 12.5 Å². The molecule has 0 saturated carbocycles.